The van der Waals surface area contributed by atoms with Crippen LogP contribution in [0.15, 0.2) is 30.3 Å². The first kappa shape index (κ1) is 20.3. The van der Waals surface area contributed by atoms with E-state index in [0.717, 1.165) is 37.4 Å². The van der Waals surface area contributed by atoms with Crippen LogP contribution in [0.4, 0.5) is 11.8 Å². The molecule has 9 heteroatoms. The second-order valence-electron chi connectivity index (χ2n) is 6.93. The van der Waals surface area contributed by atoms with E-state index in [0.29, 0.717) is 34.2 Å². The highest BCUT2D eigenvalue weighted by Gasteiger charge is 2.19. The fourth-order valence-electron chi connectivity index (χ4n) is 3.40. The molecule has 1 amide bonds. The number of benzene rings is 1. The van der Waals surface area contributed by atoms with Crippen molar-refractivity contribution in [1.29, 1.82) is 0 Å². The predicted molar refractivity (Wildman–Crippen MR) is 118 cm³/mol. The molecule has 1 aromatic carbocycles. The van der Waals surface area contributed by atoms with Crippen LogP contribution in [0.3, 0.4) is 0 Å². The van der Waals surface area contributed by atoms with Crippen molar-refractivity contribution in [2.24, 2.45) is 0 Å². The number of anilines is 2. The van der Waals surface area contributed by atoms with Crippen LogP contribution in [0.2, 0.25) is 5.02 Å². The summed E-state index contributed by atoms with van der Waals surface area (Å²) >= 11 is 6.37. The summed E-state index contributed by atoms with van der Waals surface area (Å²) in [6.45, 7) is 7.22. The van der Waals surface area contributed by atoms with E-state index in [1.165, 1.54) is 6.92 Å². The molecule has 8 nitrogen and oxygen atoms in total. The summed E-state index contributed by atoms with van der Waals surface area (Å²) in [5.41, 5.74) is 3.00. The van der Waals surface area contributed by atoms with Crippen LogP contribution in [0.1, 0.15) is 13.8 Å². The Balaban J connectivity index is 1.80. The summed E-state index contributed by atoms with van der Waals surface area (Å²) in [5, 5.41) is 6.56. The van der Waals surface area contributed by atoms with Crippen molar-refractivity contribution in [2.75, 3.05) is 43.0 Å². The molecule has 2 N–H and O–H groups in total. The third-order valence-corrected chi connectivity index (χ3v) is 5.05. The van der Waals surface area contributed by atoms with Crippen molar-refractivity contribution in [3.8, 4) is 17.0 Å². The number of amides is 1. The van der Waals surface area contributed by atoms with Crippen LogP contribution in [0.25, 0.3) is 22.3 Å². The highest BCUT2D eigenvalue weighted by molar-refractivity contribution is 6.32. The molecule has 156 valence electrons. The number of hydrogen-bond donors (Lipinski definition) is 2. The van der Waals surface area contributed by atoms with E-state index >= 15 is 0 Å². The quantitative estimate of drug-likeness (QED) is 0.647. The fourth-order valence-corrected chi connectivity index (χ4v) is 3.64. The predicted octanol–water partition coefficient (Wildman–Crippen LogP) is 3.11. The van der Waals surface area contributed by atoms with Gasteiger partial charge in [0.25, 0.3) is 0 Å². The molecule has 0 saturated carbocycles. The number of piperazine rings is 1. The van der Waals surface area contributed by atoms with Crippen LogP contribution in [-0.2, 0) is 4.79 Å². The summed E-state index contributed by atoms with van der Waals surface area (Å²) in [4.78, 5) is 27.6. The number of aromatic nitrogens is 3. The van der Waals surface area contributed by atoms with E-state index in [2.05, 4.69) is 25.5 Å². The van der Waals surface area contributed by atoms with Gasteiger partial charge in [0.05, 0.1) is 22.8 Å². The topological polar surface area (TPSA) is 92.3 Å². The van der Waals surface area contributed by atoms with Crippen molar-refractivity contribution < 1.29 is 9.53 Å². The zero-order valence-corrected chi connectivity index (χ0v) is 17.7. The molecule has 0 radical (unpaired) electrons. The molecular formula is C21H23ClN6O2. The number of halogens is 1. The first-order valence-electron chi connectivity index (χ1n) is 9.90. The van der Waals surface area contributed by atoms with E-state index in [9.17, 15) is 4.79 Å². The van der Waals surface area contributed by atoms with Gasteiger partial charge in [-0.3, -0.25) is 10.1 Å². The number of nitrogens with one attached hydrogen (secondary N) is 2. The molecule has 1 aliphatic rings. The van der Waals surface area contributed by atoms with Crippen molar-refractivity contribution >= 4 is 40.3 Å². The Hall–Kier alpha value is -2.97. The zero-order chi connectivity index (χ0) is 21.1. The van der Waals surface area contributed by atoms with Gasteiger partial charge < -0.3 is 15.0 Å². The summed E-state index contributed by atoms with van der Waals surface area (Å²) in [5.74, 6) is 1.43. The summed E-state index contributed by atoms with van der Waals surface area (Å²) < 4.78 is 5.52. The van der Waals surface area contributed by atoms with Gasteiger partial charge >= 0.3 is 0 Å². The molecule has 30 heavy (non-hydrogen) atoms. The molecule has 0 aliphatic carbocycles. The van der Waals surface area contributed by atoms with Gasteiger partial charge in [-0.25, -0.2) is 9.97 Å². The number of ether oxygens (including phenoxy) is 1. The molecule has 0 spiro atoms. The van der Waals surface area contributed by atoms with E-state index in [4.69, 9.17) is 21.3 Å². The molecule has 0 unspecified atom stereocenters. The van der Waals surface area contributed by atoms with Crippen molar-refractivity contribution in [2.45, 2.75) is 13.8 Å². The third kappa shape index (κ3) is 4.29. The Labute approximate surface area is 179 Å². The number of carbonyl (C=O) groups is 1. The smallest absolute Gasteiger partial charge is 0.232 e. The fraction of sp³-hybridized carbons (Fsp3) is 0.333. The number of pyridine rings is 1. The minimum Gasteiger partial charge on any atom is -0.492 e. The molecular weight excluding hydrogens is 404 g/mol. The van der Waals surface area contributed by atoms with Crippen LogP contribution < -0.4 is 20.3 Å². The maximum absolute atomic E-state index is 11.5. The third-order valence-electron chi connectivity index (χ3n) is 4.76. The molecule has 4 rings (SSSR count). The van der Waals surface area contributed by atoms with E-state index in [-0.39, 0.29) is 11.9 Å². The molecule has 3 heterocycles. The Morgan fingerprint density at radius 2 is 2.00 bits per heavy atom. The number of hydrogen-bond acceptors (Lipinski definition) is 7. The largest absolute Gasteiger partial charge is 0.492 e. The first-order chi connectivity index (χ1) is 14.5. The molecule has 3 aromatic rings. The highest BCUT2D eigenvalue weighted by Crippen LogP contribution is 2.32. The SMILES string of the molecule is CCOc1ccc(-c2ccc3nc(NC(C)=O)nc(N4CCNCC4)c3n2)cc1Cl. The average Bonchev–Trinajstić information content (AvgIpc) is 2.74. The zero-order valence-electron chi connectivity index (χ0n) is 16.9. The normalized spacial score (nSPS) is 14.0. The molecule has 1 aliphatic heterocycles. The van der Waals surface area contributed by atoms with Crippen LogP contribution in [-0.4, -0.2) is 53.6 Å². The summed E-state index contributed by atoms with van der Waals surface area (Å²) in [6, 6.07) is 9.40. The minimum atomic E-state index is -0.214. The van der Waals surface area contributed by atoms with E-state index in [1.54, 1.807) is 0 Å². The monoisotopic (exact) mass is 426 g/mol. The van der Waals surface area contributed by atoms with Crippen molar-refractivity contribution in [3.05, 3.63) is 35.4 Å². The minimum absolute atomic E-state index is 0.214. The average molecular weight is 427 g/mol. The summed E-state index contributed by atoms with van der Waals surface area (Å²) in [7, 11) is 0. The van der Waals surface area contributed by atoms with Crippen molar-refractivity contribution in [1.82, 2.24) is 20.3 Å². The van der Waals surface area contributed by atoms with Gasteiger partial charge in [-0.1, -0.05) is 11.6 Å². The van der Waals surface area contributed by atoms with Crippen LogP contribution in [0.5, 0.6) is 5.75 Å². The van der Waals surface area contributed by atoms with Crippen molar-refractivity contribution in [3.63, 3.8) is 0 Å². The molecule has 1 saturated heterocycles. The van der Waals surface area contributed by atoms with Gasteiger partial charge in [0, 0.05) is 38.7 Å². The lowest BCUT2D eigenvalue weighted by Gasteiger charge is -2.29. The van der Waals surface area contributed by atoms with Crippen LogP contribution >= 0.6 is 11.6 Å². The molecule has 2 aromatic heterocycles. The number of fused-ring (bicyclic) bond motifs is 1. The van der Waals surface area contributed by atoms with Gasteiger partial charge in [0.2, 0.25) is 11.9 Å². The maximum atomic E-state index is 11.5. The Bertz CT molecular complexity index is 1080. The lowest BCUT2D eigenvalue weighted by Crippen LogP contribution is -2.44. The second kappa shape index (κ2) is 8.81. The lowest BCUT2D eigenvalue weighted by atomic mass is 10.1. The number of rotatable bonds is 5. The Morgan fingerprint density at radius 3 is 2.70 bits per heavy atom. The molecule has 1 fully saturated rings. The maximum Gasteiger partial charge on any atom is 0.232 e. The van der Waals surface area contributed by atoms with E-state index < -0.39 is 0 Å². The number of nitrogens with zero attached hydrogens (tertiary/aromatic N) is 4. The van der Waals surface area contributed by atoms with Gasteiger partial charge in [-0.2, -0.15) is 4.98 Å². The van der Waals surface area contributed by atoms with Gasteiger partial charge in [0.1, 0.15) is 11.3 Å². The second-order valence-corrected chi connectivity index (χ2v) is 7.34. The number of carbonyl (C=O) groups excluding carboxylic acids is 1. The lowest BCUT2D eigenvalue weighted by molar-refractivity contribution is -0.114. The van der Waals surface area contributed by atoms with E-state index in [1.807, 2.05) is 37.3 Å². The van der Waals surface area contributed by atoms with Gasteiger partial charge in [-0.15, -0.1) is 0 Å². The van der Waals surface area contributed by atoms with Gasteiger partial charge in [-0.05, 0) is 37.3 Å². The standard InChI is InChI=1S/C21H23ClN6O2/c1-3-30-18-7-4-14(12-15(18)22)16-5-6-17-19(25-16)20(28-10-8-23-9-11-28)27-21(26-17)24-13(2)29/h4-7,12,23H,3,8-11H2,1-2H3,(H,24,26,27,29). The molecule has 0 bridgehead atoms. The molecule has 0 atom stereocenters. The first-order valence-corrected chi connectivity index (χ1v) is 10.3. The Morgan fingerprint density at radius 1 is 1.20 bits per heavy atom. The highest BCUT2D eigenvalue weighted by atomic mass is 35.5. The Kier molecular flexibility index (Phi) is 5.96. The van der Waals surface area contributed by atoms with Gasteiger partial charge in [0.15, 0.2) is 5.82 Å². The van der Waals surface area contributed by atoms with Crippen LogP contribution in [0, 0.1) is 0 Å². The summed E-state index contributed by atoms with van der Waals surface area (Å²) in [6.07, 6.45) is 0.